The summed E-state index contributed by atoms with van der Waals surface area (Å²) in [6.45, 7) is 0. The molecule has 0 atom stereocenters. The Hall–Kier alpha value is -2.20. The smallest absolute Gasteiger partial charge is 0.140 e. The number of aromatic nitrogens is 3. The van der Waals surface area contributed by atoms with E-state index >= 15 is 0 Å². The van der Waals surface area contributed by atoms with Crippen LogP contribution in [0.4, 0.5) is 0 Å². The number of hydrogen-bond donors (Lipinski definition) is 1. The molecular formula is C16H16N4. The van der Waals surface area contributed by atoms with E-state index in [9.17, 15) is 0 Å². The van der Waals surface area contributed by atoms with Gasteiger partial charge < -0.3 is 10.3 Å². The van der Waals surface area contributed by atoms with E-state index in [2.05, 4.69) is 27.8 Å². The van der Waals surface area contributed by atoms with E-state index in [1.54, 1.807) is 12.4 Å². The molecule has 1 aliphatic carbocycles. The standard InChI is InChI=1S/C16H16N4/c1-20-14-3-2-12(16(17)6-7-16)10-13(14)19-15(20)11-4-8-18-9-5-11/h2-5,8-10H,6-7,17H2,1H3. The molecule has 4 nitrogen and oxygen atoms in total. The van der Waals surface area contributed by atoms with Crippen molar-refractivity contribution >= 4 is 11.0 Å². The SMILES string of the molecule is Cn1c(-c2ccncc2)nc2cc(C3(N)CC3)ccc21. The fourth-order valence-electron chi connectivity index (χ4n) is 2.69. The molecule has 1 saturated carbocycles. The number of rotatable bonds is 2. The van der Waals surface area contributed by atoms with Gasteiger partial charge in [0.25, 0.3) is 0 Å². The molecular weight excluding hydrogens is 248 g/mol. The monoisotopic (exact) mass is 264 g/mol. The number of hydrogen-bond acceptors (Lipinski definition) is 3. The van der Waals surface area contributed by atoms with Crippen LogP contribution in [0.3, 0.4) is 0 Å². The van der Waals surface area contributed by atoms with Crippen LogP contribution in [0.2, 0.25) is 0 Å². The van der Waals surface area contributed by atoms with E-state index in [4.69, 9.17) is 10.7 Å². The second kappa shape index (κ2) is 3.90. The van der Waals surface area contributed by atoms with Gasteiger partial charge in [0.05, 0.1) is 11.0 Å². The Balaban J connectivity index is 1.90. The van der Waals surface area contributed by atoms with Gasteiger partial charge in [-0.1, -0.05) is 6.07 Å². The summed E-state index contributed by atoms with van der Waals surface area (Å²) < 4.78 is 2.12. The van der Waals surface area contributed by atoms with Gasteiger partial charge in [0.2, 0.25) is 0 Å². The quantitative estimate of drug-likeness (QED) is 0.774. The molecule has 3 aromatic rings. The molecule has 0 amide bonds. The first-order valence-electron chi connectivity index (χ1n) is 6.84. The van der Waals surface area contributed by atoms with E-state index in [-0.39, 0.29) is 5.54 Å². The van der Waals surface area contributed by atoms with Crippen LogP contribution in [0.25, 0.3) is 22.4 Å². The fraction of sp³-hybridized carbons (Fsp3) is 0.250. The zero-order valence-corrected chi connectivity index (χ0v) is 11.4. The van der Waals surface area contributed by atoms with Crippen LogP contribution in [0.5, 0.6) is 0 Å². The van der Waals surface area contributed by atoms with Gasteiger partial charge in [0, 0.05) is 30.5 Å². The molecule has 0 bridgehead atoms. The lowest BCUT2D eigenvalue weighted by Gasteiger charge is -2.08. The summed E-state index contributed by atoms with van der Waals surface area (Å²) >= 11 is 0. The summed E-state index contributed by atoms with van der Waals surface area (Å²) in [6.07, 6.45) is 5.73. The maximum atomic E-state index is 6.27. The van der Waals surface area contributed by atoms with Gasteiger partial charge >= 0.3 is 0 Å². The van der Waals surface area contributed by atoms with Crippen molar-refractivity contribution in [1.29, 1.82) is 0 Å². The molecule has 0 saturated heterocycles. The Kier molecular flexibility index (Phi) is 2.26. The van der Waals surface area contributed by atoms with Crippen molar-refractivity contribution < 1.29 is 0 Å². The molecule has 4 heteroatoms. The number of pyridine rings is 1. The Bertz CT molecular complexity index is 785. The lowest BCUT2D eigenvalue weighted by Crippen LogP contribution is -2.18. The molecule has 1 aromatic carbocycles. The van der Waals surface area contributed by atoms with Gasteiger partial charge in [-0.2, -0.15) is 0 Å². The predicted molar refractivity (Wildman–Crippen MR) is 79.0 cm³/mol. The third-order valence-corrected chi connectivity index (χ3v) is 4.18. The van der Waals surface area contributed by atoms with Crippen molar-refractivity contribution in [2.75, 3.05) is 0 Å². The number of nitrogens with zero attached hydrogens (tertiary/aromatic N) is 3. The van der Waals surface area contributed by atoms with Crippen LogP contribution in [0.1, 0.15) is 18.4 Å². The molecule has 2 aromatic heterocycles. The van der Waals surface area contributed by atoms with Crippen molar-refractivity contribution in [3.8, 4) is 11.4 Å². The zero-order chi connectivity index (χ0) is 13.7. The van der Waals surface area contributed by atoms with Crippen molar-refractivity contribution in [3.63, 3.8) is 0 Å². The summed E-state index contributed by atoms with van der Waals surface area (Å²) in [7, 11) is 2.04. The number of benzene rings is 1. The lowest BCUT2D eigenvalue weighted by molar-refractivity contribution is 0.741. The topological polar surface area (TPSA) is 56.7 Å². The average Bonchev–Trinajstić information content (AvgIpc) is 3.15. The molecule has 2 N–H and O–H groups in total. The Morgan fingerprint density at radius 1 is 1.15 bits per heavy atom. The largest absolute Gasteiger partial charge is 0.327 e. The van der Waals surface area contributed by atoms with Crippen LogP contribution in [-0.4, -0.2) is 14.5 Å². The minimum Gasteiger partial charge on any atom is -0.327 e. The van der Waals surface area contributed by atoms with Gasteiger partial charge in [0.15, 0.2) is 0 Å². The molecule has 0 spiro atoms. The van der Waals surface area contributed by atoms with Crippen LogP contribution >= 0.6 is 0 Å². The van der Waals surface area contributed by atoms with Gasteiger partial charge in [-0.3, -0.25) is 4.98 Å². The zero-order valence-electron chi connectivity index (χ0n) is 11.4. The summed E-state index contributed by atoms with van der Waals surface area (Å²) in [5.41, 5.74) is 10.6. The van der Waals surface area contributed by atoms with Crippen LogP contribution in [-0.2, 0) is 12.6 Å². The first-order chi connectivity index (χ1) is 9.67. The minimum absolute atomic E-state index is 0.109. The van der Waals surface area contributed by atoms with E-state index < -0.39 is 0 Å². The highest BCUT2D eigenvalue weighted by Gasteiger charge is 2.40. The van der Waals surface area contributed by atoms with Gasteiger partial charge in [-0.05, 0) is 42.7 Å². The highest BCUT2D eigenvalue weighted by molar-refractivity contribution is 5.81. The molecule has 0 unspecified atom stereocenters. The van der Waals surface area contributed by atoms with Crippen molar-refractivity contribution in [2.45, 2.75) is 18.4 Å². The second-order valence-corrected chi connectivity index (χ2v) is 5.59. The van der Waals surface area contributed by atoms with Crippen molar-refractivity contribution in [1.82, 2.24) is 14.5 Å². The Morgan fingerprint density at radius 3 is 2.60 bits per heavy atom. The van der Waals surface area contributed by atoms with Crippen LogP contribution in [0, 0.1) is 0 Å². The minimum atomic E-state index is -0.109. The van der Waals surface area contributed by atoms with Gasteiger partial charge in [-0.15, -0.1) is 0 Å². The van der Waals surface area contributed by atoms with E-state index in [1.165, 1.54) is 5.56 Å². The number of fused-ring (bicyclic) bond motifs is 1. The summed E-state index contributed by atoms with van der Waals surface area (Å²) in [6, 6.07) is 10.3. The predicted octanol–water partition coefficient (Wildman–Crippen LogP) is 2.58. The van der Waals surface area contributed by atoms with Gasteiger partial charge in [-0.25, -0.2) is 4.98 Å². The van der Waals surface area contributed by atoms with E-state index in [0.717, 1.165) is 35.3 Å². The van der Waals surface area contributed by atoms with Crippen molar-refractivity contribution in [2.24, 2.45) is 12.8 Å². The Labute approximate surface area is 117 Å². The molecule has 1 fully saturated rings. The highest BCUT2D eigenvalue weighted by atomic mass is 15.1. The van der Waals surface area contributed by atoms with Crippen LogP contribution < -0.4 is 5.73 Å². The second-order valence-electron chi connectivity index (χ2n) is 5.59. The number of imidazole rings is 1. The van der Waals surface area contributed by atoms with Crippen molar-refractivity contribution in [3.05, 3.63) is 48.3 Å². The number of nitrogens with two attached hydrogens (primary N) is 1. The number of aryl methyl sites for hydroxylation is 1. The molecule has 0 radical (unpaired) electrons. The first-order valence-corrected chi connectivity index (χ1v) is 6.84. The van der Waals surface area contributed by atoms with E-state index in [0.29, 0.717) is 0 Å². The fourth-order valence-corrected chi connectivity index (χ4v) is 2.69. The maximum absolute atomic E-state index is 6.27. The lowest BCUT2D eigenvalue weighted by atomic mass is 10.1. The summed E-state index contributed by atoms with van der Waals surface area (Å²) in [5.74, 6) is 0.960. The summed E-state index contributed by atoms with van der Waals surface area (Å²) in [4.78, 5) is 8.82. The summed E-state index contributed by atoms with van der Waals surface area (Å²) in [5, 5.41) is 0. The molecule has 100 valence electrons. The molecule has 20 heavy (non-hydrogen) atoms. The van der Waals surface area contributed by atoms with Gasteiger partial charge in [0.1, 0.15) is 5.82 Å². The third-order valence-electron chi connectivity index (χ3n) is 4.18. The normalized spacial score (nSPS) is 16.5. The maximum Gasteiger partial charge on any atom is 0.140 e. The van der Waals surface area contributed by atoms with Crippen LogP contribution in [0.15, 0.2) is 42.7 Å². The molecule has 0 aliphatic heterocycles. The molecule has 4 rings (SSSR count). The first kappa shape index (κ1) is 11.6. The van der Waals surface area contributed by atoms with E-state index in [1.807, 2.05) is 19.2 Å². The molecule has 2 heterocycles. The Morgan fingerprint density at radius 2 is 1.90 bits per heavy atom. The highest BCUT2D eigenvalue weighted by Crippen LogP contribution is 2.43. The third kappa shape index (κ3) is 1.65. The molecule has 1 aliphatic rings. The average molecular weight is 264 g/mol.